The molecule has 3 nitrogen and oxygen atoms in total. The molecule has 0 aliphatic carbocycles. The Kier molecular flexibility index (Phi) is 7.79. The van der Waals surface area contributed by atoms with E-state index in [1.54, 1.807) is 13.0 Å². The van der Waals surface area contributed by atoms with Crippen LogP contribution in [0, 0.1) is 0 Å². The molecule has 0 fully saturated rings. The molecular weight excluding hydrogens is 329 g/mol. The first kappa shape index (κ1) is 16.7. The predicted molar refractivity (Wildman–Crippen MR) is 74.6 cm³/mol. The molecule has 1 atom stereocenters. The van der Waals surface area contributed by atoms with Gasteiger partial charge in [0.2, 0.25) is 0 Å². The van der Waals surface area contributed by atoms with E-state index in [9.17, 15) is 4.79 Å². The van der Waals surface area contributed by atoms with Gasteiger partial charge >= 0.3 is 5.97 Å². The molecule has 0 heterocycles. The van der Waals surface area contributed by atoms with Gasteiger partial charge in [-0.2, -0.15) is 0 Å². The van der Waals surface area contributed by atoms with Crippen molar-refractivity contribution in [2.75, 3.05) is 6.61 Å². The van der Waals surface area contributed by atoms with E-state index in [1.807, 2.05) is 12.1 Å². The number of nitrogens with two attached hydrogens (primary N) is 1. The minimum Gasteiger partial charge on any atom is -0.466 e. The van der Waals surface area contributed by atoms with Crippen molar-refractivity contribution in [3.05, 3.63) is 33.3 Å². The first-order valence-corrected chi connectivity index (χ1v) is 6.07. The molecule has 0 unspecified atom stereocenters. The Balaban J connectivity index is 0.00000256. The molecule has 1 aromatic carbocycles. The highest BCUT2D eigenvalue weighted by Crippen LogP contribution is 2.27. The summed E-state index contributed by atoms with van der Waals surface area (Å²) in [6.45, 7) is 2.12. The summed E-state index contributed by atoms with van der Waals surface area (Å²) in [5.74, 6) is -0.314. The molecule has 0 saturated carbocycles. The summed E-state index contributed by atoms with van der Waals surface area (Å²) in [5.41, 5.74) is 6.63. The third-order valence-corrected chi connectivity index (χ3v) is 2.89. The minimum absolute atomic E-state index is 0. The van der Waals surface area contributed by atoms with Crippen molar-refractivity contribution in [1.29, 1.82) is 0 Å². The van der Waals surface area contributed by atoms with Crippen LogP contribution in [-0.4, -0.2) is 12.6 Å². The van der Waals surface area contributed by atoms with Crippen molar-refractivity contribution in [2.24, 2.45) is 5.73 Å². The monoisotopic (exact) mass is 341 g/mol. The Bertz CT molecular complexity index is 388. The van der Waals surface area contributed by atoms with E-state index in [-0.39, 0.29) is 24.8 Å². The number of hydrogen-bond donors (Lipinski definition) is 1. The summed E-state index contributed by atoms with van der Waals surface area (Å²) in [5, 5.41) is 0.556. The summed E-state index contributed by atoms with van der Waals surface area (Å²) in [6, 6.07) is 4.94. The van der Waals surface area contributed by atoms with E-state index in [4.69, 9.17) is 22.1 Å². The quantitative estimate of drug-likeness (QED) is 0.852. The Labute approximate surface area is 120 Å². The van der Waals surface area contributed by atoms with E-state index in [2.05, 4.69) is 15.9 Å². The smallest absolute Gasteiger partial charge is 0.307 e. The Morgan fingerprint density at radius 3 is 2.82 bits per heavy atom. The number of benzene rings is 1. The van der Waals surface area contributed by atoms with Gasteiger partial charge in [-0.25, -0.2) is 0 Å². The summed E-state index contributed by atoms with van der Waals surface area (Å²) in [6.07, 6.45) is 0.129. The predicted octanol–water partition coefficient (Wildman–Crippen LogP) is 3.48. The van der Waals surface area contributed by atoms with Crippen LogP contribution in [0.3, 0.4) is 0 Å². The largest absolute Gasteiger partial charge is 0.466 e. The topological polar surface area (TPSA) is 52.3 Å². The lowest BCUT2D eigenvalue weighted by molar-refractivity contribution is -0.143. The van der Waals surface area contributed by atoms with Gasteiger partial charge in [0.05, 0.1) is 13.0 Å². The molecular formula is C11H14BrCl2NO2. The van der Waals surface area contributed by atoms with Crippen LogP contribution in [-0.2, 0) is 9.53 Å². The van der Waals surface area contributed by atoms with Crippen LogP contribution in [0.4, 0.5) is 0 Å². The molecule has 0 bridgehead atoms. The van der Waals surface area contributed by atoms with E-state index < -0.39 is 6.04 Å². The van der Waals surface area contributed by atoms with Crippen molar-refractivity contribution in [1.82, 2.24) is 0 Å². The number of rotatable bonds is 4. The van der Waals surface area contributed by atoms with Gasteiger partial charge in [-0.15, -0.1) is 12.4 Å². The Morgan fingerprint density at radius 2 is 2.24 bits per heavy atom. The highest BCUT2D eigenvalue weighted by molar-refractivity contribution is 9.10. The minimum atomic E-state index is -0.441. The zero-order chi connectivity index (χ0) is 12.1. The van der Waals surface area contributed by atoms with Gasteiger partial charge in [-0.1, -0.05) is 27.5 Å². The van der Waals surface area contributed by atoms with Gasteiger partial charge in [0.25, 0.3) is 0 Å². The van der Waals surface area contributed by atoms with Crippen LogP contribution in [0.25, 0.3) is 0 Å². The van der Waals surface area contributed by atoms with Crippen molar-refractivity contribution >= 4 is 45.9 Å². The second kappa shape index (κ2) is 7.93. The number of carbonyl (C=O) groups is 1. The van der Waals surface area contributed by atoms with Crippen molar-refractivity contribution in [3.63, 3.8) is 0 Å². The van der Waals surface area contributed by atoms with E-state index in [0.29, 0.717) is 11.6 Å². The Hall–Kier alpha value is -0.290. The van der Waals surface area contributed by atoms with Gasteiger partial charge in [0.15, 0.2) is 0 Å². The second-order valence-electron chi connectivity index (χ2n) is 3.28. The summed E-state index contributed by atoms with van der Waals surface area (Å²) < 4.78 is 5.71. The fraction of sp³-hybridized carbons (Fsp3) is 0.364. The highest BCUT2D eigenvalue weighted by Gasteiger charge is 2.15. The molecule has 0 aliphatic heterocycles. The first-order chi connectivity index (χ1) is 7.54. The number of carbonyl (C=O) groups excluding carboxylic acids is 1. The van der Waals surface area contributed by atoms with Crippen molar-refractivity contribution < 1.29 is 9.53 Å². The highest BCUT2D eigenvalue weighted by atomic mass is 79.9. The van der Waals surface area contributed by atoms with E-state index >= 15 is 0 Å². The lowest BCUT2D eigenvalue weighted by Crippen LogP contribution is -2.17. The third-order valence-electron chi connectivity index (χ3n) is 2.05. The molecule has 1 aromatic rings. The van der Waals surface area contributed by atoms with Gasteiger partial charge in [-0.05, 0) is 30.7 Å². The first-order valence-electron chi connectivity index (χ1n) is 4.90. The van der Waals surface area contributed by atoms with Gasteiger partial charge in [0, 0.05) is 15.5 Å². The molecule has 1 rings (SSSR count). The molecule has 0 amide bonds. The molecule has 0 aromatic heterocycles. The van der Waals surface area contributed by atoms with Crippen molar-refractivity contribution in [3.8, 4) is 0 Å². The zero-order valence-corrected chi connectivity index (χ0v) is 12.4. The van der Waals surface area contributed by atoms with Gasteiger partial charge < -0.3 is 10.5 Å². The van der Waals surface area contributed by atoms with Crippen LogP contribution in [0.5, 0.6) is 0 Å². The maximum atomic E-state index is 11.3. The lowest BCUT2D eigenvalue weighted by Gasteiger charge is -2.13. The van der Waals surface area contributed by atoms with Crippen LogP contribution >= 0.6 is 39.9 Å². The number of ether oxygens (including phenoxy) is 1. The van der Waals surface area contributed by atoms with Crippen LogP contribution in [0.2, 0.25) is 5.02 Å². The summed E-state index contributed by atoms with van der Waals surface area (Å²) in [7, 11) is 0. The number of halogens is 3. The third kappa shape index (κ3) is 5.25. The molecule has 17 heavy (non-hydrogen) atoms. The number of hydrogen-bond acceptors (Lipinski definition) is 3. The summed E-state index contributed by atoms with van der Waals surface area (Å²) >= 11 is 9.33. The van der Waals surface area contributed by atoms with E-state index in [0.717, 1.165) is 10.0 Å². The average Bonchev–Trinajstić information content (AvgIpc) is 2.21. The maximum absolute atomic E-state index is 11.3. The average molecular weight is 343 g/mol. The molecule has 6 heteroatoms. The molecule has 96 valence electrons. The van der Waals surface area contributed by atoms with Gasteiger partial charge in [0.1, 0.15) is 0 Å². The molecule has 0 radical (unpaired) electrons. The second-order valence-corrected chi connectivity index (χ2v) is 4.60. The Morgan fingerprint density at radius 1 is 1.59 bits per heavy atom. The SMILES string of the molecule is CCOC(=O)C[C@H](N)c1cc(Br)ccc1Cl.Cl. The number of esters is 1. The summed E-state index contributed by atoms with van der Waals surface area (Å²) in [4.78, 5) is 11.3. The lowest BCUT2D eigenvalue weighted by atomic mass is 10.1. The van der Waals surface area contributed by atoms with Crippen molar-refractivity contribution in [2.45, 2.75) is 19.4 Å². The maximum Gasteiger partial charge on any atom is 0.307 e. The van der Waals surface area contributed by atoms with Crippen LogP contribution in [0.1, 0.15) is 24.9 Å². The molecule has 0 saturated heterocycles. The van der Waals surface area contributed by atoms with Gasteiger partial charge in [-0.3, -0.25) is 4.79 Å². The molecule has 0 spiro atoms. The normalized spacial score (nSPS) is 11.5. The standard InChI is InChI=1S/C11H13BrClNO2.ClH/c1-2-16-11(15)6-10(14)8-5-7(12)3-4-9(8)13;/h3-5,10H,2,6,14H2,1H3;1H/t10-;/m0./s1. The van der Waals surface area contributed by atoms with Crippen LogP contribution < -0.4 is 5.73 Å². The molecule has 2 N–H and O–H groups in total. The fourth-order valence-electron chi connectivity index (χ4n) is 1.31. The van der Waals surface area contributed by atoms with E-state index in [1.165, 1.54) is 0 Å². The zero-order valence-electron chi connectivity index (χ0n) is 9.28. The fourth-order valence-corrected chi connectivity index (χ4v) is 1.94. The molecule has 0 aliphatic rings. The van der Waals surface area contributed by atoms with Crippen LogP contribution in [0.15, 0.2) is 22.7 Å².